The molecule has 2 N–H and O–H groups in total. The van der Waals surface area contributed by atoms with E-state index in [0.717, 1.165) is 77.0 Å². The van der Waals surface area contributed by atoms with E-state index >= 15 is 0 Å². The topological polar surface area (TPSA) is 62.0 Å². The third kappa shape index (κ3) is 10.4. The van der Waals surface area contributed by atoms with Gasteiger partial charge in [0.15, 0.2) is 5.96 Å². The van der Waals surface area contributed by atoms with Gasteiger partial charge in [-0.25, -0.2) is 0 Å². The van der Waals surface area contributed by atoms with Gasteiger partial charge in [0.2, 0.25) is 0 Å². The van der Waals surface area contributed by atoms with Crippen LogP contribution in [0.1, 0.15) is 38.4 Å². The quantitative estimate of drug-likeness (QED) is 0.222. The molecule has 1 aromatic heterocycles. The number of furan rings is 1. The van der Waals surface area contributed by atoms with E-state index in [1.165, 1.54) is 19.3 Å². The zero-order valence-corrected chi connectivity index (χ0v) is 18.4. The molecule has 1 saturated heterocycles. The Kier molecular flexibility index (Phi) is 13.7. The van der Waals surface area contributed by atoms with Gasteiger partial charge in [-0.05, 0) is 18.6 Å². The second kappa shape index (κ2) is 15.3. The summed E-state index contributed by atoms with van der Waals surface area (Å²) in [7, 11) is 0. The second-order valence-electron chi connectivity index (χ2n) is 6.43. The van der Waals surface area contributed by atoms with Crippen molar-refractivity contribution in [2.45, 2.75) is 39.0 Å². The number of aliphatic imine (C=N–C) groups is 1. The summed E-state index contributed by atoms with van der Waals surface area (Å²) in [4.78, 5) is 7.15. The van der Waals surface area contributed by atoms with Crippen LogP contribution in [0.5, 0.6) is 0 Å². The van der Waals surface area contributed by atoms with E-state index in [2.05, 4.69) is 22.5 Å². The molecule has 2 heterocycles. The van der Waals surface area contributed by atoms with Gasteiger partial charge in [-0.15, -0.1) is 24.0 Å². The summed E-state index contributed by atoms with van der Waals surface area (Å²) in [6, 6.07) is 3.94. The lowest BCUT2D eigenvalue weighted by Gasteiger charge is -2.26. The van der Waals surface area contributed by atoms with Crippen LogP contribution in [0, 0.1) is 0 Å². The number of rotatable bonds is 11. The van der Waals surface area contributed by atoms with Gasteiger partial charge in [-0.3, -0.25) is 9.89 Å². The van der Waals surface area contributed by atoms with E-state index in [9.17, 15) is 0 Å². The van der Waals surface area contributed by atoms with E-state index in [1.807, 2.05) is 12.1 Å². The third-order valence-electron chi connectivity index (χ3n) is 4.35. The van der Waals surface area contributed by atoms with Crippen molar-refractivity contribution in [3.63, 3.8) is 0 Å². The maximum atomic E-state index is 5.39. The molecule has 0 spiro atoms. The number of halogens is 1. The Labute approximate surface area is 175 Å². The first-order valence-corrected chi connectivity index (χ1v) is 9.73. The third-order valence-corrected chi connectivity index (χ3v) is 4.35. The van der Waals surface area contributed by atoms with Crippen molar-refractivity contribution in [1.29, 1.82) is 0 Å². The number of morpholine rings is 1. The monoisotopic (exact) mass is 478 g/mol. The predicted molar refractivity (Wildman–Crippen MR) is 118 cm³/mol. The average Bonchev–Trinajstić information content (AvgIpc) is 3.15. The van der Waals surface area contributed by atoms with Crippen LogP contribution < -0.4 is 10.6 Å². The molecule has 26 heavy (non-hydrogen) atoms. The highest BCUT2D eigenvalue weighted by Gasteiger charge is 2.09. The van der Waals surface area contributed by atoms with Crippen LogP contribution in [-0.4, -0.2) is 63.3 Å². The Morgan fingerprint density at radius 1 is 1.15 bits per heavy atom. The standard InChI is InChI=1S/C19H34N4O2.HI/c1-2-3-4-5-9-20-19(21-10-8-18-7-6-15-25-18)22-11-12-23-13-16-24-17-14-23;/h6-7,15H,2-5,8-14,16-17H2,1H3,(H2,20,21,22);1H. The first kappa shape index (κ1) is 23.2. The molecule has 1 aliphatic heterocycles. The van der Waals surface area contributed by atoms with Crippen molar-refractivity contribution in [2.24, 2.45) is 4.99 Å². The minimum Gasteiger partial charge on any atom is -0.469 e. The first-order chi connectivity index (χ1) is 12.4. The number of ether oxygens (including phenoxy) is 1. The number of hydrogen-bond donors (Lipinski definition) is 2. The van der Waals surface area contributed by atoms with Crippen LogP contribution in [0.25, 0.3) is 0 Å². The number of nitrogens with one attached hydrogen (secondary N) is 2. The molecule has 7 heteroatoms. The number of nitrogens with zero attached hydrogens (tertiary/aromatic N) is 2. The average molecular weight is 478 g/mol. The summed E-state index contributed by atoms with van der Waals surface area (Å²) >= 11 is 0. The maximum absolute atomic E-state index is 5.39. The molecule has 1 fully saturated rings. The summed E-state index contributed by atoms with van der Waals surface area (Å²) in [5.74, 6) is 1.92. The lowest BCUT2D eigenvalue weighted by atomic mass is 10.2. The van der Waals surface area contributed by atoms with Crippen molar-refractivity contribution >= 4 is 29.9 Å². The number of unbranched alkanes of at least 4 members (excludes halogenated alkanes) is 3. The molecule has 0 radical (unpaired) electrons. The van der Waals surface area contributed by atoms with Crippen LogP contribution in [0.2, 0.25) is 0 Å². The normalized spacial score (nSPS) is 15.5. The van der Waals surface area contributed by atoms with Crippen molar-refractivity contribution in [3.05, 3.63) is 24.2 Å². The Hall–Kier alpha value is -0.800. The van der Waals surface area contributed by atoms with E-state index < -0.39 is 0 Å². The molecule has 0 bridgehead atoms. The molecular weight excluding hydrogens is 443 g/mol. The van der Waals surface area contributed by atoms with Gasteiger partial charge in [0.05, 0.1) is 19.5 Å². The van der Waals surface area contributed by atoms with Gasteiger partial charge in [-0.1, -0.05) is 26.2 Å². The summed E-state index contributed by atoms with van der Waals surface area (Å²) < 4.78 is 10.8. The highest BCUT2D eigenvalue weighted by molar-refractivity contribution is 14.0. The molecule has 0 unspecified atom stereocenters. The van der Waals surface area contributed by atoms with Gasteiger partial charge >= 0.3 is 0 Å². The number of guanidine groups is 1. The van der Waals surface area contributed by atoms with Crippen LogP contribution in [-0.2, 0) is 11.2 Å². The molecule has 0 amide bonds. The smallest absolute Gasteiger partial charge is 0.191 e. The van der Waals surface area contributed by atoms with Crippen molar-refractivity contribution in [3.8, 4) is 0 Å². The Balaban J connectivity index is 0.00000338. The minimum atomic E-state index is 0. The molecule has 6 nitrogen and oxygen atoms in total. The minimum absolute atomic E-state index is 0. The molecule has 0 atom stereocenters. The van der Waals surface area contributed by atoms with E-state index in [-0.39, 0.29) is 24.0 Å². The molecule has 150 valence electrons. The van der Waals surface area contributed by atoms with Gasteiger partial charge in [0, 0.05) is 45.7 Å². The zero-order valence-electron chi connectivity index (χ0n) is 16.0. The lowest BCUT2D eigenvalue weighted by Crippen LogP contribution is -2.44. The molecule has 0 aromatic carbocycles. The van der Waals surface area contributed by atoms with E-state index in [4.69, 9.17) is 14.1 Å². The van der Waals surface area contributed by atoms with Crippen molar-refractivity contribution in [2.75, 3.05) is 52.5 Å². The summed E-state index contributed by atoms with van der Waals surface area (Å²) in [6.45, 7) is 9.62. The fourth-order valence-electron chi connectivity index (χ4n) is 2.82. The van der Waals surface area contributed by atoms with Gasteiger partial charge < -0.3 is 19.8 Å². The van der Waals surface area contributed by atoms with Crippen LogP contribution in [0.3, 0.4) is 0 Å². The maximum Gasteiger partial charge on any atom is 0.191 e. The van der Waals surface area contributed by atoms with E-state index in [0.29, 0.717) is 0 Å². The fraction of sp³-hybridized carbons (Fsp3) is 0.737. The van der Waals surface area contributed by atoms with Gasteiger partial charge in [0.1, 0.15) is 5.76 Å². The molecule has 2 rings (SSSR count). The SMILES string of the molecule is CCCCCCN=C(NCCc1ccco1)NCCN1CCOCC1.I. The molecular formula is C19H35IN4O2. The zero-order chi connectivity index (χ0) is 17.6. The highest BCUT2D eigenvalue weighted by Crippen LogP contribution is 2.00. The van der Waals surface area contributed by atoms with Crippen molar-refractivity contribution < 1.29 is 9.15 Å². The predicted octanol–water partition coefficient (Wildman–Crippen LogP) is 2.89. The van der Waals surface area contributed by atoms with Gasteiger partial charge in [-0.2, -0.15) is 0 Å². The van der Waals surface area contributed by atoms with Crippen LogP contribution in [0.4, 0.5) is 0 Å². The Bertz CT molecular complexity index is 462. The lowest BCUT2D eigenvalue weighted by molar-refractivity contribution is 0.0389. The van der Waals surface area contributed by atoms with Crippen LogP contribution in [0.15, 0.2) is 27.8 Å². The summed E-state index contributed by atoms with van der Waals surface area (Å²) in [6.07, 6.45) is 7.55. The largest absolute Gasteiger partial charge is 0.469 e. The fourth-order valence-corrected chi connectivity index (χ4v) is 2.82. The molecule has 0 saturated carbocycles. The Morgan fingerprint density at radius 3 is 2.69 bits per heavy atom. The van der Waals surface area contributed by atoms with Crippen LogP contribution >= 0.6 is 24.0 Å². The Morgan fingerprint density at radius 2 is 1.96 bits per heavy atom. The second-order valence-corrected chi connectivity index (χ2v) is 6.43. The van der Waals surface area contributed by atoms with E-state index in [1.54, 1.807) is 6.26 Å². The number of hydrogen-bond acceptors (Lipinski definition) is 4. The van der Waals surface area contributed by atoms with Crippen molar-refractivity contribution in [1.82, 2.24) is 15.5 Å². The summed E-state index contributed by atoms with van der Waals surface area (Å²) in [5.41, 5.74) is 0. The first-order valence-electron chi connectivity index (χ1n) is 9.73. The molecule has 1 aliphatic rings. The molecule has 1 aromatic rings. The molecule has 0 aliphatic carbocycles. The highest BCUT2D eigenvalue weighted by atomic mass is 127. The summed E-state index contributed by atoms with van der Waals surface area (Å²) in [5, 5.41) is 6.89. The van der Waals surface area contributed by atoms with Gasteiger partial charge in [0.25, 0.3) is 0 Å².